The number of fused-ring (bicyclic) bond motifs is 2. The summed E-state index contributed by atoms with van der Waals surface area (Å²) >= 11 is 26.8. The Hall–Kier alpha value is -0.0700. The summed E-state index contributed by atoms with van der Waals surface area (Å²) in [7, 11) is -2.49. The van der Waals surface area contributed by atoms with Crippen molar-refractivity contribution in [3.63, 3.8) is 0 Å². The van der Waals surface area contributed by atoms with Crippen molar-refractivity contribution in [2.45, 2.75) is 109 Å². The van der Waals surface area contributed by atoms with Crippen LogP contribution < -0.4 is 20.1 Å². The molecule has 4 saturated carbocycles. The molecule has 0 aromatic heterocycles. The number of carbonyl (C=O) groups excluding carboxylic acids is 1. The second-order valence-corrected chi connectivity index (χ2v) is 27.9. The van der Waals surface area contributed by atoms with Crippen molar-refractivity contribution in [1.82, 2.24) is 29.9 Å². The molecule has 17 nitrogen and oxygen atoms in total. The Kier molecular flexibility index (Phi) is 26.8. The number of likely N-dealkylation sites (tertiary alicyclic amines) is 2. The minimum atomic E-state index is -3.42. The number of sulfonamides is 2. The number of nitrogens with zero attached hydrogens (tertiary/aromatic N) is 2. The highest BCUT2D eigenvalue weighted by Crippen LogP contribution is 2.50. The van der Waals surface area contributed by atoms with E-state index in [2.05, 4.69) is 44.0 Å². The van der Waals surface area contributed by atoms with Crippen molar-refractivity contribution >= 4 is 72.5 Å². The van der Waals surface area contributed by atoms with Crippen LogP contribution >= 0.6 is 46.4 Å². The highest BCUT2D eigenvalue weighted by molar-refractivity contribution is 7.90. The van der Waals surface area contributed by atoms with Crippen LogP contribution in [0.25, 0.3) is 0 Å². The maximum Gasteiger partial charge on any atom is 0.314 e. The molecule has 6 aliphatic rings. The first-order valence-corrected chi connectivity index (χ1v) is 31.8. The molecule has 2 aliphatic heterocycles. The molecule has 23 heteroatoms. The fraction of sp³-hybridized carbons (Fsp3) is 0.980. The molecule has 10 atom stereocenters. The summed E-state index contributed by atoms with van der Waals surface area (Å²) in [4.78, 5) is 16.9. The van der Waals surface area contributed by atoms with Gasteiger partial charge in [0, 0.05) is 73.9 Å². The third kappa shape index (κ3) is 19.7. The highest BCUT2D eigenvalue weighted by Gasteiger charge is 2.49. The molecular formula is C49H88Cl4N6O11S2. The molecule has 4 N–H and O–H groups in total. The molecule has 0 bridgehead atoms. The molecule has 420 valence electrons. The Morgan fingerprint density at radius 3 is 1.08 bits per heavy atom. The van der Waals surface area contributed by atoms with Crippen LogP contribution in [-0.2, 0) is 48.5 Å². The summed E-state index contributed by atoms with van der Waals surface area (Å²) in [6.45, 7) is 9.31. The molecule has 2 heterocycles. The quantitative estimate of drug-likeness (QED) is 0.0559. The summed E-state index contributed by atoms with van der Waals surface area (Å²) in [6.07, 6.45) is 10.1. The van der Waals surface area contributed by atoms with Crippen LogP contribution in [0, 0.1) is 47.3 Å². The van der Waals surface area contributed by atoms with Gasteiger partial charge < -0.3 is 48.9 Å². The lowest BCUT2D eigenvalue weighted by Gasteiger charge is -2.51. The first-order valence-electron chi connectivity index (χ1n) is 27.0. The maximum atomic E-state index is 13.1. The Morgan fingerprint density at radius 2 is 0.736 bits per heavy atom. The number of halogens is 4. The monoisotopic (exact) mass is 1140 g/mol. The molecule has 10 unspecified atom stereocenters. The van der Waals surface area contributed by atoms with Crippen LogP contribution in [0.5, 0.6) is 0 Å². The standard InChI is InChI=1S/C49H88Cl4N6O11S2/c1-58-31-43(41-27-37(50)29-47(52)45(41)33-58)35-3-7-39(8-4-35)71(61,62)56-13-17-67-21-25-69-23-19-65-15-11-54-49(60)55-12-16-66-20-24-70-26-22-68-18-14-57-72(63,64)40-9-5-36(6-10-40)44-32-59(2)34-46-42(44)28-38(51)30-48(46)53/h35-48,56-57H,3-34H2,1-2H3,(H2,54,55,60). The lowest BCUT2D eigenvalue weighted by atomic mass is 9.63. The molecule has 6 fully saturated rings. The van der Waals surface area contributed by atoms with Gasteiger partial charge in [-0.3, -0.25) is 0 Å². The van der Waals surface area contributed by atoms with Crippen LogP contribution in [0.4, 0.5) is 4.79 Å². The van der Waals surface area contributed by atoms with Gasteiger partial charge in [0.05, 0.1) is 89.8 Å². The Labute approximate surface area is 452 Å². The summed E-state index contributed by atoms with van der Waals surface area (Å²) < 4.78 is 91.1. The number of nitrogens with one attached hydrogen (secondary N) is 4. The van der Waals surface area contributed by atoms with Gasteiger partial charge in [-0.05, 0) is 138 Å². The lowest BCUT2D eigenvalue weighted by molar-refractivity contribution is 0.0108. The normalized spacial score (nSPS) is 34.0. The fourth-order valence-corrected chi connectivity index (χ4v) is 17.8. The molecule has 2 amide bonds. The van der Waals surface area contributed by atoms with E-state index in [4.69, 9.17) is 74.8 Å². The molecule has 0 spiro atoms. The van der Waals surface area contributed by atoms with E-state index in [9.17, 15) is 21.6 Å². The maximum absolute atomic E-state index is 13.1. The van der Waals surface area contributed by atoms with Crippen molar-refractivity contribution < 1.29 is 50.1 Å². The summed E-state index contributed by atoms with van der Waals surface area (Å²) in [6, 6.07) is -0.318. The van der Waals surface area contributed by atoms with E-state index in [1.807, 2.05) is 0 Å². The average molecular weight is 1140 g/mol. The van der Waals surface area contributed by atoms with E-state index in [0.717, 1.165) is 77.5 Å². The third-order valence-electron chi connectivity index (χ3n) is 16.4. The fourth-order valence-electron chi connectivity index (χ4n) is 12.9. The van der Waals surface area contributed by atoms with Gasteiger partial charge in [0.2, 0.25) is 20.0 Å². The average Bonchev–Trinajstić information content (AvgIpc) is 3.34. The molecule has 2 saturated heterocycles. The Bertz CT molecular complexity index is 1670. The van der Waals surface area contributed by atoms with Crippen LogP contribution in [0.3, 0.4) is 0 Å². The summed E-state index contributed by atoms with van der Waals surface area (Å²) in [5.41, 5.74) is 0. The van der Waals surface area contributed by atoms with E-state index >= 15 is 0 Å². The predicted octanol–water partition coefficient (Wildman–Crippen LogP) is 4.95. The minimum Gasteiger partial charge on any atom is -0.378 e. The number of amides is 2. The van der Waals surface area contributed by atoms with Gasteiger partial charge >= 0.3 is 6.03 Å². The van der Waals surface area contributed by atoms with Crippen LogP contribution in [-0.4, -0.2) is 210 Å². The number of hydrogen-bond acceptors (Lipinski definition) is 13. The number of piperidine rings is 2. The van der Waals surface area contributed by atoms with E-state index in [1.54, 1.807) is 0 Å². The molecular weight excluding hydrogens is 1050 g/mol. The zero-order valence-corrected chi connectivity index (χ0v) is 47.6. The number of carbonyl (C=O) groups is 1. The van der Waals surface area contributed by atoms with Crippen molar-refractivity contribution in [1.29, 1.82) is 0 Å². The zero-order valence-electron chi connectivity index (χ0n) is 42.9. The van der Waals surface area contributed by atoms with E-state index in [-0.39, 0.29) is 64.3 Å². The van der Waals surface area contributed by atoms with Gasteiger partial charge in [-0.15, -0.1) is 46.4 Å². The topological polar surface area (TPSA) is 195 Å². The molecule has 0 aromatic rings. The van der Waals surface area contributed by atoms with Crippen LogP contribution in [0.15, 0.2) is 0 Å². The molecule has 4 aliphatic carbocycles. The first-order chi connectivity index (χ1) is 34.6. The lowest BCUT2D eigenvalue weighted by Crippen LogP contribution is -2.53. The van der Waals surface area contributed by atoms with Gasteiger partial charge in [-0.2, -0.15) is 0 Å². The van der Waals surface area contributed by atoms with Crippen molar-refractivity contribution in [2.24, 2.45) is 47.3 Å². The zero-order chi connectivity index (χ0) is 51.5. The number of rotatable bonds is 30. The number of alkyl halides is 4. The number of hydrogen-bond donors (Lipinski definition) is 4. The first kappa shape index (κ1) is 61.1. The molecule has 0 aromatic carbocycles. The Balaban J connectivity index is 0.656. The van der Waals surface area contributed by atoms with Crippen molar-refractivity contribution in [3.8, 4) is 0 Å². The number of urea groups is 1. The second kappa shape index (κ2) is 31.5. The SMILES string of the molecule is CN1CC2C(Cl)CC(Cl)CC2C(C2CCC(S(=O)(=O)NCCOCCOCCOCCNC(=O)NCCOCCOCCOCCNS(=O)(=O)C3CCC(C4CN(C)CC5C(Cl)CC(Cl)CC54)CC3)CC2)C1. The van der Waals surface area contributed by atoms with Crippen molar-refractivity contribution in [2.75, 3.05) is 146 Å². The smallest absolute Gasteiger partial charge is 0.314 e. The number of ether oxygens (including phenoxy) is 6. The largest absolute Gasteiger partial charge is 0.378 e. The highest BCUT2D eigenvalue weighted by atomic mass is 35.5. The molecule has 6 rings (SSSR count). The van der Waals surface area contributed by atoms with Gasteiger partial charge in [-0.1, -0.05) is 0 Å². The second-order valence-electron chi connectivity index (χ2n) is 21.4. The van der Waals surface area contributed by atoms with Gasteiger partial charge in [0.1, 0.15) is 0 Å². The van der Waals surface area contributed by atoms with E-state index < -0.39 is 20.0 Å². The van der Waals surface area contributed by atoms with Gasteiger partial charge in [0.15, 0.2) is 0 Å². The molecule has 72 heavy (non-hydrogen) atoms. The van der Waals surface area contributed by atoms with Crippen LogP contribution in [0.2, 0.25) is 0 Å². The van der Waals surface area contributed by atoms with Crippen molar-refractivity contribution in [3.05, 3.63) is 0 Å². The van der Waals surface area contributed by atoms with Crippen LogP contribution in [0.1, 0.15) is 77.0 Å². The van der Waals surface area contributed by atoms with E-state index in [0.29, 0.717) is 152 Å². The third-order valence-corrected chi connectivity index (χ3v) is 22.0. The van der Waals surface area contributed by atoms with Gasteiger partial charge in [-0.25, -0.2) is 31.1 Å². The molecule has 0 radical (unpaired) electrons. The summed E-state index contributed by atoms with van der Waals surface area (Å²) in [5, 5.41) is 5.20. The van der Waals surface area contributed by atoms with Gasteiger partial charge in [0.25, 0.3) is 0 Å². The Morgan fingerprint density at radius 1 is 0.431 bits per heavy atom. The minimum absolute atomic E-state index is 0.114. The predicted molar refractivity (Wildman–Crippen MR) is 285 cm³/mol. The van der Waals surface area contributed by atoms with E-state index in [1.165, 1.54) is 0 Å². The summed E-state index contributed by atoms with van der Waals surface area (Å²) in [5.74, 6) is 4.02.